The highest BCUT2D eigenvalue weighted by atomic mass is 35.5. The van der Waals surface area contributed by atoms with Gasteiger partial charge in [-0.25, -0.2) is 9.97 Å². The molecule has 130 valence electrons. The maximum Gasteiger partial charge on any atom is 0.256 e. The summed E-state index contributed by atoms with van der Waals surface area (Å²) in [5.41, 5.74) is 2.57. The van der Waals surface area contributed by atoms with Crippen LogP contribution < -0.4 is 5.56 Å². The van der Waals surface area contributed by atoms with Crippen molar-refractivity contribution in [3.63, 3.8) is 0 Å². The molecule has 0 fully saturated rings. The number of fused-ring (bicyclic) bond motifs is 1. The van der Waals surface area contributed by atoms with Crippen molar-refractivity contribution in [3.8, 4) is 0 Å². The number of unbranched alkanes of at least 4 members (excludes halogenated alkanes) is 1. The molecule has 0 unspecified atom stereocenters. The molecule has 6 nitrogen and oxygen atoms in total. The molecule has 0 spiro atoms. The van der Waals surface area contributed by atoms with Gasteiger partial charge < -0.3 is 9.97 Å². The van der Waals surface area contributed by atoms with Crippen LogP contribution in [-0.4, -0.2) is 37.6 Å². The summed E-state index contributed by atoms with van der Waals surface area (Å²) in [7, 11) is 0. The molecule has 24 heavy (non-hydrogen) atoms. The molecule has 0 radical (unpaired) electrons. The van der Waals surface area contributed by atoms with Gasteiger partial charge in [0.1, 0.15) is 5.82 Å². The molecule has 0 amide bonds. The molecule has 2 aromatic heterocycles. The van der Waals surface area contributed by atoms with Gasteiger partial charge in [-0.2, -0.15) is 0 Å². The number of nitrogens with zero attached hydrogens (tertiary/aromatic N) is 3. The summed E-state index contributed by atoms with van der Waals surface area (Å²) < 4.78 is 0. The van der Waals surface area contributed by atoms with Crippen molar-refractivity contribution in [2.75, 3.05) is 12.8 Å². The summed E-state index contributed by atoms with van der Waals surface area (Å²) in [5, 5.41) is 1.22. The minimum Gasteiger partial charge on any atom is -0.344 e. The Morgan fingerprint density at radius 3 is 2.92 bits per heavy atom. The predicted molar refractivity (Wildman–Crippen MR) is 96.7 cm³/mol. The van der Waals surface area contributed by atoms with Gasteiger partial charge >= 0.3 is 0 Å². The van der Waals surface area contributed by atoms with Crippen LogP contribution >= 0.6 is 23.4 Å². The Bertz CT molecular complexity index is 772. The summed E-state index contributed by atoms with van der Waals surface area (Å²) >= 11 is 7.72. The van der Waals surface area contributed by atoms with Crippen molar-refractivity contribution in [1.29, 1.82) is 0 Å². The maximum absolute atomic E-state index is 12.2. The first-order valence-corrected chi connectivity index (χ1v) is 9.82. The molecule has 0 aliphatic carbocycles. The fraction of sp³-hybridized carbons (Fsp3) is 0.562. The minimum absolute atomic E-state index is 0.0339. The van der Waals surface area contributed by atoms with E-state index in [-0.39, 0.29) is 5.56 Å². The molecule has 0 saturated heterocycles. The van der Waals surface area contributed by atoms with E-state index in [4.69, 9.17) is 11.6 Å². The Labute approximate surface area is 150 Å². The van der Waals surface area contributed by atoms with E-state index < -0.39 is 0 Å². The average molecular weight is 368 g/mol. The number of aryl methyl sites for hydroxylation is 1. The van der Waals surface area contributed by atoms with E-state index >= 15 is 0 Å². The molecular formula is C16H22ClN5OS. The normalized spacial score (nSPS) is 14.8. The minimum atomic E-state index is -0.0339. The summed E-state index contributed by atoms with van der Waals surface area (Å²) in [6.45, 7) is 4.27. The lowest BCUT2D eigenvalue weighted by molar-refractivity contribution is 0.238. The maximum atomic E-state index is 12.2. The summed E-state index contributed by atoms with van der Waals surface area (Å²) in [6, 6.07) is 0. The number of thioether (sulfide) groups is 1. The zero-order valence-corrected chi connectivity index (χ0v) is 15.6. The van der Waals surface area contributed by atoms with Gasteiger partial charge in [-0.15, -0.1) is 0 Å². The molecule has 1 aliphatic rings. The Balaban J connectivity index is 1.72. The van der Waals surface area contributed by atoms with Gasteiger partial charge in [0.15, 0.2) is 10.3 Å². The van der Waals surface area contributed by atoms with Crippen LogP contribution in [0.15, 0.2) is 9.95 Å². The van der Waals surface area contributed by atoms with Gasteiger partial charge in [-0.05, 0) is 12.7 Å². The first kappa shape index (κ1) is 17.5. The van der Waals surface area contributed by atoms with Gasteiger partial charge in [0.2, 0.25) is 0 Å². The second-order valence-electron chi connectivity index (χ2n) is 6.02. The van der Waals surface area contributed by atoms with Crippen LogP contribution in [0.3, 0.4) is 0 Å². The zero-order valence-electron chi connectivity index (χ0n) is 14.0. The molecule has 0 aromatic carbocycles. The molecule has 2 N–H and O–H groups in total. The number of imidazole rings is 1. The second kappa shape index (κ2) is 7.72. The molecule has 0 bridgehead atoms. The molecule has 0 atom stereocenters. The quantitative estimate of drug-likeness (QED) is 0.606. The lowest BCUT2D eigenvalue weighted by atomic mass is 10.1. The fourth-order valence-corrected chi connectivity index (χ4v) is 3.53. The first-order chi connectivity index (χ1) is 11.6. The smallest absolute Gasteiger partial charge is 0.256 e. The van der Waals surface area contributed by atoms with Crippen LogP contribution in [0.5, 0.6) is 0 Å². The Kier molecular flexibility index (Phi) is 5.63. The van der Waals surface area contributed by atoms with Gasteiger partial charge in [0, 0.05) is 32.5 Å². The van der Waals surface area contributed by atoms with Gasteiger partial charge in [0.25, 0.3) is 5.56 Å². The van der Waals surface area contributed by atoms with Crippen molar-refractivity contribution >= 4 is 23.4 Å². The largest absolute Gasteiger partial charge is 0.344 e. The van der Waals surface area contributed by atoms with E-state index in [0.29, 0.717) is 23.4 Å². The Morgan fingerprint density at radius 2 is 2.17 bits per heavy atom. The van der Waals surface area contributed by atoms with Crippen LogP contribution in [0.2, 0.25) is 5.15 Å². The van der Waals surface area contributed by atoms with Crippen molar-refractivity contribution in [1.82, 2.24) is 24.8 Å². The molecular weight excluding hydrogens is 346 g/mol. The number of hydrogen-bond acceptors (Lipinski definition) is 5. The van der Waals surface area contributed by atoms with Crippen molar-refractivity contribution in [3.05, 3.63) is 38.3 Å². The van der Waals surface area contributed by atoms with Gasteiger partial charge in [-0.3, -0.25) is 9.69 Å². The van der Waals surface area contributed by atoms with Gasteiger partial charge in [0.05, 0.1) is 17.0 Å². The number of aromatic nitrogens is 4. The highest BCUT2D eigenvalue weighted by molar-refractivity contribution is 7.98. The van der Waals surface area contributed by atoms with E-state index in [9.17, 15) is 4.79 Å². The SMILES string of the molecule is CCCCc1nc(Cl)c(CN2CCc3nc(SC)[nH]c(=O)c3C2)[nH]1. The zero-order chi connectivity index (χ0) is 17.1. The summed E-state index contributed by atoms with van der Waals surface area (Å²) in [5.74, 6) is 0.943. The second-order valence-corrected chi connectivity index (χ2v) is 7.17. The first-order valence-electron chi connectivity index (χ1n) is 8.22. The third-order valence-electron chi connectivity index (χ3n) is 4.25. The van der Waals surface area contributed by atoms with Crippen molar-refractivity contribution in [2.24, 2.45) is 0 Å². The van der Waals surface area contributed by atoms with Crippen LogP contribution in [0, 0.1) is 0 Å². The number of rotatable bonds is 6. The monoisotopic (exact) mass is 367 g/mol. The van der Waals surface area contributed by atoms with Crippen LogP contribution in [0.4, 0.5) is 0 Å². The molecule has 1 aliphatic heterocycles. The predicted octanol–water partition coefficient (Wildman–Crippen LogP) is 2.77. The average Bonchev–Trinajstić information content (AvgIpc) is 2.93. The Morgan fingerprint density at radius 1 is 1.33 bits per heavy atom. The topological polar surface area (TPSA) is 77.7 Å². The van der Waals surface area contributed by atoms with E-state index in [2.05, 4.69) is 31.8 Å². The third kappa shape index (κ3) is 3.84. The van der Waals surface area contributed by atoms with E-state index in [1.807, 2.05) is 6.26 Å². The number of H-pyrrole nitrogens is 2. The highest BCUT2D eigenvalue weighted by Crippen LogP contribution is 2.21. The van der Waals surface area contributed by atoms with E-state index in [0.717, 1.165) is 55.0 Å². The molecule has 8 heteroatoms. The lowest BCUT2D eigenvalue weighted by Crippen LogP contribution is -2.35. The van der Waals surface area contributed by atoms with Crippen molar-refractivity contribution in [2.45, 2.75) is 50.9 Å². The fourth-order valence-electron chi connectivity index (χ4n) is 2.92. The van der Waals surface area contributed by atoms with Crippen molar-refractivity contribution < 1.29 is 0 Å². The molecule has 3 heterocycles. The Hall–Kier alpha value is -1.31. The number of halogens is 1. The summed E-state index contributed by atoms with van der Waals surface area (Å²) in [6.07, 6.45) is 5.83. The standard InChI is InChI=1S/C16H22ClN5OS/c1-3-4-5-13-18-12(14(17)20-13)9-22-7-6-11-10(8-22)15(23)21-16(19-11)24-2/h3-9H2,1-2H3,(H,18,20)(H,19,21,23). The number of nitrogens with one attached hydrogen (secondary N) is 2. The van der Waals surface area contributed by atoms with E-state index in [1.165, 1.54) is 11.8 Å². The van der Waals surface area contributed by atoms with Crippen LogP contribution in [0.1, 0.15) is 42.5 Å². The van der Waals surface area contributed by atoms with Crippen LogP contribution in [0.25, 0.3) is 0 Å². The number of hydrogen-bond donors (Lipinski definition) is 2. The van der Waals surface area contributed by atoms with E-state index in [1.54, 1.807) is 0 Å². The molecule has 2 aromatic rings. The third-order valence-corrected chi connectivity index (χ3v) is 5.14. The lowest BCUT2D eigenvalue weighted by Gasteiger charge is -2.27. The number of aromatic amines is 2. The van der Waals surface area contributed by atoms with Gasteiger partial charge in [-0.1, -0.05) is 36.7 Å². The van der Waals surface area contributed by atoms with Crippen LogP contribution in [-0.2, 0) is 25.9 Å². The summed E-state index contributed by atoms with van der Waals surface area (Å²) in [4.78, 5) is 29.5. The molecule has 3 rings (SSSR count). The highest BCUT2D eigenvalue weighted by Gasteiger charge is 2.22. The molecule has 0 saturated carbocycles.